The molecule has 4 atom stereocenters. The van der Waals surface area contributed by atoms with Crippen LogP contribution in [0.4, 0.5) is 11.4 Å². The van der Waals surface area contributed by atoms with Crippen LogP contribution in [0.5, 0.6) is 0 Å². The monoisotopic (exact) mass is 430 g/mol. The molecule has 0 aromatic heterocycles. The van der Waals surface area contributed by atoms with Crippen LogP contribution in [0.2, 0.25) is 0 Å². The van der Waals surface area contributed by atoms with Crippen LogP contribution in [-0.2, 0) is 10.3 Å². The van der Waals surface area contributed by atoms with Gasteiger partial charge in [0.05, 0.1) is 10.8 Å². The molecule has 0 saturated carbocycles. The first-order valence-electron chi connectivity index (χ1n) is 10.0. The number of nitro benzene ring substituents is 1. The Hall–Kier alpha value is -4.11. The average molecular weight is 430 g/mol. The predicted octanol–water partition coefficient (Wildman–Crippen LogP) is 3.52. The number of anilines is 1. The second-order valence-electron chi connectivity index (χ2n) is 7.95. The predicted molar refractivity (Wildman–Crippen MR) is 116 cm³/mol. The van der Waals surface area contributed by atoms with Gasteiger partial charge in [-0.1, -0.05) is 60.7 Å². The number of carbonyl (C=O) groups excluding carboxylic acids is 1. The summed E-state index contributed by atoms with van der Waals surface area (Å²) >= 11 is 0. The number of non-ortho nitro benzene ring substituents is 1. The van der Waals surface area contributed by atoms with Crippen molar-refractivity contribution in [3.8, 4) is 0 Å². The molecule has 2 heterocycles. The van der Waals surface area contributed by atoms with Crippen LogP contribution < -0.4 is 10.6 Å². The smallest absolute Gasteiger partial charge is 0.269 e. The molecule has 0 unspecified atom stereocenters. The summed E-state index contributed by atoms with van der Waals surface area (Å²) in [5.41, 5.74) is 0.541. The normalized spacial score (nSPS) is 26.0. The van der Waals surface area contributed by atoms with Crippen molar-refractivity contribution >= 4 is 17.3 Å². The minimum atomic E-state index is -1.45. The van der Waals surface area contributed by atoms with Crippen molar-refractivity contribution in [2.45, 2.75) is 23.5 Å². The Morgan fingerprint density at radius 1 is 0.844 bits per heavy atom. The summed E-state index contributed by atoms with van der Waals surface area (Å²) in [6.45, 7) is 0. The number of para-hydroxylation sites is 1. The Labute approximate surface area is 182 Å². The largest absolute Gasteiger partial charge is 0.324 e. The van der Waals surface area contributed by atoms with Crippen molar-refractivity contribution < 1.29 is 14.6 Å². The summed E-state index contributed by atoms with van der Waals surface area (Å²) in [4.78, 5) is 36.4. The van der Waals surface area contributed by atoms with Gasteiger partial charge in [-0.25, -0.2) is 0 Å². The zero-order valence-electron chi connectivity index (χ0n) is 16.7. The van der Waals surface area contributed by atoms with Crippen LogP contribution >= 0.6 is 0 Å². The highest BCUT2D eigenvalue weighted by Gasteiger charge is 2.67. The van der Waals surface area contributed by atoms with Crippen LogP contribution in [0, 0.1) is 20.2 Å². The Balaban J connectivity index is 1.78. The molecule has 0 aliphatic carbocycles. The average Bonchev–Trinajstić information content (AvgIpc) is 3.31. The van der Waals surface area contributed by atoms with Gasteiger partial charge >= 0.3 is 0 Å². The molecule has 9 nitrogen and oxygen atoms in total. The lowest BCUT2D eigenvalue weighted by molar-refractivity contribution is -0.527. The van der Waals surface area contributed by atoms with Gasteiger partial charge in [-0.2, -0.15) is 0 Å². The van der Waals surface area contributed by atoms with E-state index >= 15 is 0 Å². The number of carbonyl (C=O) groups is 1. The summed E-state index contributed by atoms with van der Waals surface area (Å²) in [6, 6.07) is 19.7. The second-order valence-corrected chi connectivity index (χ2v) is 7.95. The lowest BCUT2D eigenvalue weighted by Gasteiger charge is -2.29. The van der Waals surface area contributed by atoms with Gasteiger partial charge in [0.15, 0.2) is 0 Å². The fourth-order valence-electron chi connectivity index (χ4n) is 5.06. The summed E-state index contributed by atoms with van der Waals surface area (Å²) in [5.74, 6) is -1.40. The van der Waals surface area contributed by atoms with Crippen LogP contribution in [0.3, 0.4) is 0 Å². The number of nitro groups is 2. The SMILES string of the molecule is O=C1Nc2ccccc2[C@]12N[C@@H](c1ccccc1)[C@@H]([N+](=O)[O-])[C@@H]2c1cccc([N+](=O)[O-])c1. The van der Waals surface area contributed by atoms with Gasteiger partial charge in [0, 0.05) is 28.3 Å². The third kappa shape index (κ3) is 2.78. The summed E-state index contributed by atoms with van der Waals surface area (Å²) in [6.07, 6.45) is 0. The first kappa shape index (κ1) is 19.8. The van der Waals surface area contributed by atoms with Crippen LogP contribution in [0.25, 0.3) is 0 Å². The van der Waals surface area contributed by atoms with Crippen LogP contribution in [-0.4, -0.2) is 21.8 Å². The van der Waals surface area contributed by atoms with Crippen LogP contribution in [0.15, 0.2) is 78.9 Å². The van der Waals surface area contributed by atoms with Crippen molar-refractivity contribution in [1.29, 1.82) is 0 Å². The van der Waals surface area contributed by atoms with E-state index < -0.39 is 39.3 Å². The number of nitrogens with one attached hydrogen (secondary N) is 2. The molecule has 3 aromatic carbocycles. The lowest BCUT2D eigenvalue weighted by Crippen LogP contribution is -2.48. The van der Waals surface area contributed by atoms with Crippen molar-refractivity contribution in [2.75, 3.05) is 5.32 Å². The summed E-state index contributed by atoms with van der Waals surface area (Å²) in [7, 11) is 0. The molecule has 2 N–H and O–H groups in total. The molecular weight excluding hydrogens is 412 g/mol. The maximum Gasteiger partial charge on any atom is 0.269 e. The zero-order chi connectivity index (χ0) is 22.5. The van der Waals surface area contributed by atoms with Crippen molar-refractivity contribution in [3.63, 3.8) is 0 Å². The van der Waals surface area contributed by atoms with E-state index in [-0.39, 0.29) is 5.69 Å². The van der Waals surface area contributed by atoms with Gasteiger partial charge in [-0.3, -0.25) is 30.3 Å². The number of hydrogen-bond acceptors (Lipinski definition) is 6. The molecule has 3 aromatic rings. The maximum atomic E-state index is 13.5. The minimum Gasteiger partial charge on any atom is -0.324 e. The Morgan fingerprint density at radius 2 is 1.53 bits per heavy atom. The molecule has 5 rings (SSSR count). The maximum absolute atomic E-state index is 13.5. The van der Waals surface area contributed by atoms with Gasteiger partial charge in [0.25, 0.3) is 5.69 Å². The van der Waals surface area contributed by atoms with Crippen molar-refractivity contribution in [1.82, 2.24) is 5.32 Å². The molecular formula is C23H18N4O5. The molecule has 2 aliphatic rings. The highest BCUT2D eigenvalue weighted by atomic mass is 16.6. The standard InChI is InChI=1S/C23H18N4O5/c28-22-23(17-11-4-5-12-18(17)24-22)19(15-9-6-10-16(13-15)26(29)30)21(27(31)32)20(25-23)14-7-2-1-3-8-14/h1-13,19-21,25H,(H,24,28)/t19-,20-,21-,23+/m0/s1. The first-order valence-corrected chi connectivity index (χ1v) is 10.0. The Bertz CT molecular complexity index is 1250. The van der Waals surface area contributed by atoms with Gasteiger partial charge in [0.1, 0.15) is 11.6 Å². The van der Waals surface area contributed by atoms with Gasteiger partial charge in [-0.15, -0.1) is 0 Å². The lowest BCUT2D eigenvalue weighted by atomic mass is 9.74. The van der Waals surface area contributed by atoms with E-state index in [1.807, 2.05) is 6.07 Å². The number of nitrogens with zero attached hydrogens (tertiary/aromatic N) is 2. The number of rotatable bonds is 4. The minimum absolute atomic E-state index is 0.186. The summed E-state index contributed by atoms with van der Waals surface area (Å²) < 4.78 is 0. The highest BCUT2D eigenvalue weighted by molar-refractivity contribution is 6.07. The van der Waals surface area contributed by atoms with Gasteiger partial charge in [-0.05, 0) is 17.2 Å². The van der Waals surface area contributed by atoms with Crippen LogP contribution in [0.1, 0.15) is 28.7 Å². The van der Waals surface area contributed by atoms with E-state index in [1.165, 1.54) is 18.2 Å². The first-order chi connectivity index (χ1) is 15.4. The van der Waals surface area contributed by atoms with E-state index in [1.54, 1.807) is 54.6 Å². The number of fused-ring (bicyclic) bond motifs is 2. The van der Waals surface area contributed by atoms with E-state index in [9.17, 15) is 25.0 Å². The van der Waals surface area contributed by atoms with E-state index in [0.29, 0.717) is 22.4 Å². The quantitative estimate of drug-likeness (QED) is 0.482. The fourth-order valence-corrected chi connectivity index (χ4v) is 5.06. The summed E-state index contributed by atoms with van der Waals surface area (Å²) in [5, 5.41) is 30.0. The van der Waals surface area contributed by atoms with Gasteiger partial charge < -0.3 is 5.32 Å². The van der Waals surface area contributed by atoms with Crippen molar-refractivity contribution in [3.05, 3.63) is 116 Å². The topological polar surface area (TPSA) is 127 Å². The molecule has 2 aliphatic heterocycles. The number of amides is 1. The van der Waals surface area contributed by atoms with E-state index in [0.717, 1.165) is 0 Å². The molecule has 1 amide bonds. The Morgan fingerprint density at radius 3 is 2.25 bits per heavy atom. The molecule has 1 saturated heterocycles. The number of hydrogen-bond donors (Lipinski definition) is 2. The van der Waals surface area contributed by atoms with E-state index in [4.69, 9.17) is 0 Å². The fraction of sp³-hybridized carbons (Fsp3) is 0.174. The molecule has 9 heteroatoms. The van der Waals surface area contributed by atoms with Gasteiger partial charge in [0.2, 0.25) is 11.9 Å². The second kappa shape index (κ2) is 7.24. The van der Waals surface area contributed by atoms with E-state index in [2.05, 4.69) is 10.6 Å². The number of benzene rings is 3. The third-order valence-corrected chi connectivity index (χ3v) is 6.33. The molecule has 0 radical (unpaired) electrons. The van der Waals surface area contributed by atoms with Crippen molar-refractivity contribution in [2.24, 2.45) is 0 Å². The molecule has 1 spiro atoms. The molecule has 32 heavy (non-hydrogen) atoms. The highest BCUT2D eigenvalue weighted by Crippen LogP contribution is 2.55. The molecule has 1 fully saturated rings. The molecule has 160 valence electrons. The molecule has 0 bridgehead atoms. The third-order valence-electron chi connectivity index (χ3n) is 6.33. The Kier molecular flexibility index (Phi) is 4.49. The zero-order valence-corrected chi connectivity index (χ0v) is 16.7.